The van der Waals surface area contributed by atoms with Crippen LogP contribution in [0.4, 0.5) is 13.2 Å². The van der Waals surface area contributed by atoms with Crippen LogP contribution >= 0.6 is 0 Å². The van der Waals surface area contributed by atoms with Crippen molar-refractivity contribution in [1.82, 2.24) is 9.97 Å². The maximum absolute atomic E-state index is 13.7. The number of fused-ring (bicyclic) bond motifs is 5. The Morgan fingerprint density at radius 1 is 1.30 bits per heavy atom. The normalized spacial score (nSPS) is 32.5. The molecule has 3 atom stereocenters. The van der Waals surface area contributed by atoms with Crippen molar-refractivity contribution in [3.8, 4) is 0 Å². The van der Waals surface area contributed by atoms with Gasteiger partial charge in [-0.2, -0.15) is 13.2 Å². The number of imidazole rings is 1. The van der Waals surface area contributed by atoms with E-state index in [2.05, 4.69) is 9.97 Å². The lowest BCUT2D eigenvalue weighted by Crippen LogP contribution is -2.37. The minimum atomic E-state index is -4.49. The van der Waals surface area contributed by atoms with Gasteiger partial charge in [0.1, 0.15) is 0 Å². The van der Waals surface area contributed by atoms with Crippen LogP contribution in [0.2, 0.25) is 0 Å². The summed E-state index contributed by atoms with van der Waals surface area (Å²) in [5, 5.41) is 10.3. The zero-order chi connectivity index (χ0) is 16.0. The van der Waals surface area contributed by atoms with Gasteiger partial charge >= 0.3 is 6.18 Å². The molecule has 2 aromatic rings. The molecule has 23 heavy (non-hydrogen) atoms. The highest BCUT2D eigenvalue weighted by Gasteiger charge is 2.59. The van der Waals surface area contributed by atoms with Crippen molar-refractivity contribution in [2.45, 2.75) is 38.0 Å². The zero-order valence-electron chi connectivity index (χ0n) is 12.2. The molecule has 120 valence electrons. The van der Waals surface area contributed by atoms with Crippen LogP contribution in [-0.4, -0.2) is 27.4 Å². The molecular weight excluding hydrogens is 305 g/mol. The number of allylic oxidation sites excluding steroid dienone is 1. The Kier molecular flexibility index (Phi) is 2.35. The van der Waals surface area contributed by atoms with E-state index in [-0.39, 0.29) is 5.92 Å². The van der Waals surface area contributed by atoms with Crippen LogP contribution < -0.4 is 0 Å². The summed E-state index contributed by atoms with van der Waals surface area (Å²) in [5.74, 6) is -0.278. The SMILES string of the molecule is O[C@H]1C(C(F)(F)F)=C2c3ccc4[nH]cnc4c3C[C@@]23CC[C@H]1C3. The van der Waals surface area contributed by atoms with Crippen LogP contribution in [0.1, 0.15) is 30.4 Å². The fourth-order valence-electron chi connectivity index (χ4n) is 5.14. The number of halogens is 3. The van der Waals surface area contributed by atoms with Gasteiger partial charge in [0.25, 0.3) is 0 Å². The topological polar surface area (TPSA) is 48.9 Å². The second kappa shape index (κ2) is 3.98. The lowest BCUT2D eigenvalue weighted by atomic mass is 9.70. The van der Waals surface area contributed by atoms with E-state index >= 15 is 0 Å². The number of H-pyrrole nitrogens is 1. The van der Waals surface area contributed by atoms with Crippen LogP contribution in [0.25, 0.3) is 16.6 Å². The number of nitrogens with one attached hydrogen (secondary N) is 1. The van der Waals surface area contributed by atoms with Gasteiger partial charge in [0.05, 0.1) is 29.0 Å². The Labute approximate surface area is 130 Å². The molecule has 0 amide bonds. The highest BCUT2D eigenvalue weighted by molar-refractivity contribution is 5.92. The van der Waals surface area contributed by atoms with Gasteiger partial charge < -0.3 is 10.1 Å². The molecule has 0 saturated heterocycles. The van der Waals surface area contributed by atoms with Gasteiger partial charge in [-0.05, 0) is 54.4 Å². The summed E-state index contributed by atoms with van der Waals surface area (Å²) in [6.07, 6.45) is -1.71. The quantitative estimate of drug-likeness (QED) is 0.779. The smallest absolute Gasteiger partial charge is 0.388 e. The molecule has 1 fully saturated rings. The summed E-state index contributed by atoms with van der Waals surface area (Å²) in [7, 11) is 0. The molecule has 0 radical (unpaired) electrons. The highest BCUT2D eigenvalue weighted by Crippen LogP contribution is 2.65. The third-order valence-electron chi connectivity index (χ3n) is 5.97. The largest absolute Gasteiger partial charge is 0.415 e. The summed E-state index contributed by atoms with van der Waals surface area (Å²) in [6.45, 7) is 0. The lowest BCUT2D eigenvalue weighted by Gasteiger charge is -2.36. The number of aromatic nitrogens is 2. The van der Waals surface area contributed by atoms with Gasteiger partial charge in [0.2, 0.25) is 0 Å². The van der Waals surface area contributed by atoms with Crippen LogP contribution in [0.3, 0.4) is 0 Å². The molecule has 2 bridgehead atoms. The van der Waals surface area contributed by atoms with Crippen molar-refractivity contribution >= 4 is 16.6 Å². The Morgan fingerprint density at radius 3 is 2.91 bits per heavy atom. The Morgan fingerprint density at radius 2 is 2.13 bits per heavy atom. The van der Waals surface area contributed by atoms with Crippen LogP contribution in [0, 0.1) is 11.3 Å². The van der Waals surface area contributed by atoms with E-state index in [9.17, 15) is 18.3 Å². The standard InChI is InChI=1S/C17H15F3N2O/c18-17(19,20)13-12-9-1-2-11-14(22-7-21-11)10(9)6-16(12)4-3-8(5-16)15(13)23/h1-2,7-8,15,23H,3-6H2,(H,21,22)/t8-,15+,16-/m0/s1. The molecule has 1 aromatic heterocycles. The van der Waals surface area contributed by atoms with E-state index in [4.69, 9.17) is 0 Å². The van der Waals surface area contributed by atoms with Gasteiger partial charge in [0.15, 0.2) is 0 Å². The fourth-order valence-corrected chi connectivity index (χ4v) is 5.14. The van der Waals surface area contributed by atoms with Gasteiger partial charge in [-0.1, -0.05) is 6.07 Å². The molecule has 1 aromatic carbocycles. The summed E-state index contributed by atoms with van der Waals surface area (Å²) in [5.41, 5.74) is 2.31. The second-order valence-electron chi connectivity index (χ2n) is 7.08. The number of benzene rings is 1. The number of nitrogens with zero attached hydrogens (tertiary/aromatic N) is 1. The average molecular weight is 320 g/mol. The fraction of sp³-hybridized carbons (Fsp3) is 0.471. The van der Waals surface area contributed by atoms with Crippen molar-refractivity contribution in [2.75, 3.05) is 0 Å². The Balaban J connectivity index is 1.87. The first-order valence-electron chi connectivity index (χ1n) is 7.86. The first kappa shape index (κ1) is 13.6. The summed E-state index contributed by atoms with van der Waals surface area (Å²) in [4.78, 5) is 7.33. The highest BCUT2D eigenvalue weighted by atomic mass is 19.4. The number of rotatable bonds is 0. The molecule has 3 nitrogen and oxygen atoms in total. The molecule has 2 N–H and O–H groups in total. The maximum Gasteiger partial charge on any atom is 0.415 e. The van der Waals surface area contributed by atoms with E-state index in [1.807, 2.05) is 0 Å². The molecule has 1 heterocycles. The second-order valence-corrected chi connectivity index (χ2v) is 7.08. The number of aliphatic hydroxyl groups excluding tert-OH is 1. The summed E-state index contributed by atoms with van der Waals surface area (Å²) >= 11 is 0. The van der Waals surface area contributed by atoms with Crippen molar-refractivity contribution < 1.29 is 18.3 Å². The molecule has 6 heteroatoms. The number of hydrogen-bond acceptors (Lipinski definition) is 2. The number of alkyl halides is 3. The van der Waals surface area contributed by atoms with Gasteiger partial charge in [-0.25, -0.2) is 4.98 Å². The van der Waals surface area contributed by atoms with Gasteiger partial charge in [0, 0.05) is 5.41 Å². The Hall–Kier alpha value is -1.82. The minimum Gasteiger partial charge on any atom is -0.388 e. The van der Waals surface area contributed by atoms with Gasteiger partial charge in [-0.3, -0.25) is 0 Å². The third-order valence-corrected chi connectivity index (χ3v) is 5.97. The first-order chi connectivity index (χ1) is 10.9. The van der Waals surface area contributed by atoms with Crippen molar-refractivity contribution in [3.05, 3.63) is 35.2 Å². The number of aromatic amines is 1. The minimum absolute atomic E-state index is 0.278. The van der Waals surface area contributed by atoms with Crippen molar-refractivity contribution in [1.29, 1.82) is 0 Å². The average Bonchev–Trinajstić information content (AvgIpc) is 3.15. The van der Waals surface area contributed by atoms with E-state index in [0.717, 1.165) is 16.6 Å². The number of hydrogen-bond donors (Lipinski definition) is 2. The third kappa shape index (κ3) is 1.57. The van der Waals surface area contributed by atoms with E-state index in [1.165, 1.54) is 0 Å². The Bertz CT molecular complexity index is 866. The van der Waals surface area contributed by atoms with E-state index < -0.39 is 23.3 Å². The predicted octanol–water partition coefficient (Wildman–Crippen LogP) is 3.60. The first-order valence-corrected chi connectivity index (χ1v) is 7.86. The lowest BCUT2D eigenvalue weighted by molar-refractivity contribution is -0.111. The summed E-state index contributed by atoms with van der Waals surface area (Å²) < 4.78 is 41.1. The predicted molar refractivity (Wildman–Crippen MR) is 78.6 cm³/mol. The monoisotopic (exact) mass is 320 g/mol. The molecule has 1 saturated carbocycles. The molecule has 3 aliphatic rings. The summed E-state index contributed by atoms with van der Waals surface area (Å²) in [6, 6.07) is 3.55. The van der Waals surface area contributed by atoms with E-state index in [1.54, 1.807) is 18.5 Å². The maximum atomic E-state index is 13.7. The molecule has 0 aliphatic heterocycles. The van der Waals surface area contributed by atoms with Crippen LogP contribution in [-0.2, 0) is 6.42 Å². The van der Waals surface area contributed by atoms with Crippen LogP contribution in [0.15, 0.2) is 24.0 Å². The number of aliphatic hydroxyl groups is 1. The van der Waals surface area contributed by atoms with E-state index in [0.29, 0.717) is 36.8 Å². The molecule has 3 aliphatic carbocycles. The van der Waals surface area contributed by atoms with Crippen molar-refractivity contribution in [3.63, 3.8) is 0 Å². The van der Waals surface area contributed by atoms with Gasteiger partial charge in [-0.15, -0.1) is 0 Å². The molecule has 0 unspecified atom stereocenters. The zero-order valence-corrected chi connectivity index (χ0v) is 12.2. The molecule has 5 rings (SSSR count). The van der Waals surface area contributed by atoms with Crippen LogP contribution in [0.5, 0.6) is 0 Å². The molecular formula is C17H15F3N2O. The molecule has 1 spiro atoms. The van der Waals surface area contributed by atoms with Crippen molar-refractivity contribution in [2.24, 2.45) is 11.3 Å².